The van der Waals surface area contributed by atoms with Gasteiger partial charge >= 0.3 is 0 Å². The molecule has 1 aromatic carbocycles. The highest BCUT2D eigenvalue weighted by molar-refractivity contribution is 14.0. The van der Waals surface area contributed by atoms with E-state index < -0.39 is 0 Å². The van der Waals surface area contributed by atoms with Gasteiger partial charge in [0.1, 0.15) is 0 Å². The van der Waals surface area contributed by atoms with Crippen molar-refractivity contribution in [3.63, 3.8) is 0 Å². The molecule has 1 fully saturated rings. The fraction of sp³-hybridized carbons (Fsp3) is 0.476. The molecular formula is C21H32IN5S. The minimum atomic E-state index is 0. The van der Waals surface area contributed by atoms with Crippen LogP contribution < -0.4 is 20.4 Å². The average Bonchev–Trinajstić information content (AvgIpc) is 3.22. The molecule has 7 heteroatoms. The molecule has 2 aromatic rings. The molecule has 0 saturated carbocycles. The summed E-state index contributed by atoms with van der Waals surface area (Å²) in [4.78, 5) is 9.42. The molecule has 5 nitrogen and oxygen atoms in total. The zero-order chi connectivity index (χ0) is 19.1. The maximum Gasteiger partial charge on any atom is 0.191 e. The topological polar surface area (TPSA) is 42.9 Å². The zero-order valence-electron chi connectivity index (χ0n) is 17.0. The fourth-order valence-corrected chi connectivity index (χ4v) is 4.10. The number of hydrogen-bond acceptors (Lipinski definition) is 4. The maximum absolute atomic E-state index is 4.81. The standard InChI is InChI=1S/C21H31N5S.HI/c1-4-22-21(23-16-17-7-5-8-19(15-17)25(2)3)24-18-10-12-26(13-11-18)20-9-6-14-27-20;/h5-9,14-15,18H,4,10-13,16H2,1-3H3,(H2,22,23,24);1H. The Hall–Kier alpha value is -1.48. The first-order valence-electron chi connectivity index (χ1n) is 9.75. The van der Waals surface area contributed by atoms with E-state index in [0.717, 1.165) is 38.4 Å². The minimum Gasteiger partial charge on any atom is -0.378 e. The number of hydrogen-bond donors (Lipinski definition) is 2. The highest BCUT2D eigenvalue weighted by Gasteiger charge is 2.20. The lowest BCUT2D eigenvalue weighted by molar-refractivity contribution is 0.463. The Morgan fingerprint density at radius 1 is 1.21 bits per heavy atom. The van der Waals surface area contributed by atoms with E-state index in [9.17, 15) is 0 Å². The first kappa shape index (κ1) is 22.8. The Labute approximate surface area is 190 Å². The van der Waals surface area contributed by atoms with Crippen molar-refractivity contribution in [2.75, 3.05) is 43.5 Å². The molecule has 1 aliphatic rings. The number of piperidine rings is 1. The molecule has 2 N–H and O–H groups in total. The molecule has 2 heterocycles. The summed E-state index contributed by atoms with van der Waals surface area (Å²) in [6, 6.07) is 13.4. The molecule has 3 rings (SSSR count). The molecule has 0 radical (unpaired) electrons. The molecular weight excluding hydrogens is 481 g/mol. The summed E-state index contributed by atoms with van der Waals surface area (Å²) < 4.78 is 0. The lowest BCUT2D eigenvalue weighted by Crippen LogP contribution is -2.48. The Bertz CT molecular complexity index is 724. The molecule has 154 valence electrons. The third kappa shape index (κ3) is 6.55. The molecule has 1 aromatic heterocycles. The molecule has 1 saturated heterocycles. The van der Waals surface area contributed by atoms with Crippen molar-refractivity contribution in [1.29, 1.82) is 0 Å². The highest BCUT2D eigenvalue weighted by Crippen LogP contribution is 2.24. The lowest BCUT2D eigenvalue weighted by atomic mass is 10.1. The quantitative estimate of drug-likeness (QED) is 0.346. The van der Waals surface area contributed by atoms with Crippen LogP contribution in [0.1, 0.15) is 25.3 Å². The average molecular weight is 513 g/mol. The second kappa shape index (κ2) is 11.5. The molecule has 0 aliphatic carbocycles. The second-order valence-electron chi connectivity index (χ2n) is 7.12. The van der Waals surface area contributed by atoms with Crippen molar-refractivity contribution < 1.29 is 0 Å². The van der Waals surface area contributed by atoms with Gasteiger partial charge in [-0.2, -0.15) is 0 Å². The zero-order valence-corrected chi connectivity index (χ0v) is 20.2. The van der Waals surface area contributed by atoms with Gasteiger partial charge in [-0.25, -0.2) is 4.99 Å². The predicted octanol–water partition coefficient (Wildman–Crippen LogP) is 4.16. The summed E-state index contributed by atoms with van der Waals surface area (Å²) >= 11 is 1.83. The van der Waals surface area contributed by atoms with Crippen molar-refractivity contribution in [3.05, 3.63) is 47.3 Å². The number of halogens is 1. The van der Waals surface area contributed by atoms with Gasteiger partial charge in [0, 0.05) is 45.5 Å². The number of nitrogens with one attached hydrogen (secondary N) is 2. The number of rotatable bonds is 6. The Balaban J connectivity index is 0.00000280. The van der Waals surface area contributed by atoms with Gasteiger partial charge in [-0.1, -0.05) is 12.1 Å². The Morgan fingerprint density at radius 2 is 2.00 bits per heavy atom. The Morgan fingerprint density at radius 3 is 2.64 bits per heavy atom. The van der Waals surface area contributed by atoms with Crippen molar-refractivity contribution in [3.8, 4) is 0 Å². The van der Waals surface area contributed by atoms with Crippen LogP contribution in [0.25, 0.3) is 0 Å². The largest absolute Gasteiger partial charge is 0.378 e. The lowest BCUT2D eigenvalue weighted by Gasteiger charge is -2.33. The van der Waals surface area contributed by atoms with Crippen LogP contribution in [0, 0.1) is 0 Å². The van der Waals surface area contributed by atoms with Gasteiger partial charge in [-0.3, -0.25) is 0 Å². The normalized spacial score (nSPS) is 15.1. The predicted molar refractivity (Wildman–Crippen MR) is 134 cm³/mol. The molecule has 0 spiro atoms. The minimum absolute atomic E-state index is 0. The van der Waals surface area contributed by atoms with Crippen LogP contribution in [-0.2, 0) is 6.54 Å². The van der Waals surface area contributed by atoms with E-state index in [0.29, 0.717) is 12.6 Å². The summed E-state index contributed by atoms with van der Waals surface area (Å²) in [5.41, 5.74) is 2.44. The van der Waals surface area contributed by atoms with E-state index >= 15 is 0 Å². The van der Waals surface area contributed by atoms with Crippen LogP contribution in [0.2, 0.25) is 0 Å². The van der Waals surface area contributed by atoms with E-state index in [-0.39, 0.29) is 24.0 Å². The molecule has 28 heavy (non-hydrogen) atoms. The van der Waals surface area contributed by atoms with Crippen molar-refractivity contribution in [1.82, 2.24) is 10.6 Å². The van der Waals surface area contributed by atoms with E-state index in [1.165, 1.54) is 16.3 Å². The first-order chi connectivity index (χ1) is 13.2. The van der Waals surface area contributed by atoms with E-state index in [2.05, 4.69) is 83.2 Å². The van der Waals surface area contributed by atoms with Gasteiger partial charge in [0.2, 0.25) is 0 Å². The van der Waals surface area contributed by atoms with Crippen molar-refractivity contribution in [2.24, 2.45) is 4.99 Å². The van der Waals surface area contributed by atoms with Crippen molar-refractivity contribution >= 4 is 52.0 Å². The van der Waals surface area contributed by atoms with Gasteiger partial charge in [0.15, 0.2) is 5.96 Å². The van der Waals surface area contributed by atoms with Crippen LogP contribution in [0.15, 0.2) is 46.8 Å². The van der Waals surface area contributed by atoms with E-state index in [4.69, 9.17) is 4.99 Å². The van der Waals surface area contributed by atoms with Crippen LogP contribution in [0.4, 0.5) is 10.7 Å². The van der Waals surface area contributed by atoms with Crippen molar-refractivity contribution in [2.45, 2.75) is 32.4 Å². The maximum atomic E-state index is 4.81. The van der Waals surface area contributed by atoms with Gasteiger partial charge in [0.05, 0.1) is 11.5 Å². The summed E-state index contributed by atoms with van der Waals surface area (Å²) in [5, 5.41) is 10.6. The summed E-state index contributed by atoms with van der Waals surface area (Å²) in [5.74, 6) is 0.919. The van der Waals surface area contributed by atoms with Crippen LogP contribution in [-0.4, -0.2) is 45.7 Å². The van der Waals surface area contributed by atoms with Crippen LogP contribution >= 0.6 is 35.3 Å². The summed E-state index contributed by atoms with van der Waals surface area (Å²) in [7, 11) is 4.13. The fourth-order valence-electron chi connectivity index (χ4n) is 3.31. The molecule has 0 bridgehead atoms. The highest BCUT2D eigenvalue weighted by atomic mass is 127. The van der Waals surface area contributed by atoms with E-state index in [1.54, 1.807) is 0 Å². The third-order valence-electron chi connectivity index (χ3n) is 4.84. The number of guanidine groups is 1. The second-order valence-corrected chi connectivity index (χ2v) is 8.04. The molecule has 0 unspecified atom stereocenters. The summed E-state index contributed by atoms with van der Waals surface area (Å²) in [6.07, 6.45) is 2.27. The first-order valence-corrected chi connectivity index (χ1v) is 10.6. The SMILES string of the molecule is CCNC(=NCc1cccc(N(C)C)c1)NC1CCN(c2cccs2)CC1.I. The monoisotopic (exact) mass is 513 g/mol. The summed E-state index contributed by atoms with van der Waals surface area (Å²) in [6.45, 7) is 5.87. The van der Waals surface area contributed by atoms with Gasteiger partial charge in [-0.15, -0.1) is 35.3 Å². The number of thiophene rings is 1. The number of benzene rings is 1. The van der Waals surface area contributed by atoms with Gasteiger partial charge in [-0.05, 0) is 55.0 Å². The molecule has 0 atom stereocenters. The number of nitrogens with zero attached hydrogens (tertiary/aromatic N) is 3. The van der Waals surface area contributed by atoms with Crippen LogP contribution in [0.3, 0.4) is 0 Å². The van der Waals surface area contributed by atoms with Gasteiger partial charge < -0.3 is 20.4 Å². The number of aliphatic imine (C=N–C) groups is 1. The van der Waals surface area contributed by atoms with E-state index in [1.807, 2.05) is 11.3 Å². The van der Waals surface area contributed by atoms with Crippen LogP contribution in [0.5, 0.6) is 0 Å². The Kier molecular flexibility index (Phi) is 9.37. The number of anilines is 2. The molecule has 0 amide bonds. The molecule has 1 aliphatic heterocycles. The smallest absolute Gasteiger partial charge is 0.191 e. The van der Waals surface area contributed by atoms with Gasteiger partial charge in [0.25, 0.3) is 0 Å². The third-order valence-corrected chi connectivity index (χ3v) is 5.77.